The third-order valence-corrected chi connectivity index (χ3v) is 3.34. The smallest absolute Gasteiger partial charge is 0.271 e. The summed E-state index contributed by atoms with van der Waals surface area (Å²) in [5, 5.41) is 23.0. The van der Waals surface area contributed by atoms with Gasteiger partial charge < -0.3 is 19.7 Å². The lowest BCUT2D eigenvalue weighted by molar-refractivity contribution is 0.0954. The van der Waals surface area contributed by atoms with Crippen LogP contribution in [0.4, 0.5) is 0 Å². The van der Waals surface area contributed by atoms with Crippen LogP contribution in [0.5, 0.6) is 23.0 Å². The summed E-state index contributed by atoms with van der Waals surface area (Å²) in [6, 6.07) is 8.87. The second kappa shape index (κ2) is 7.36. The van der Waals surface area contributed by atoms with Crippen LogP contribution in [0.3, 0.4) is 0 Å². The zero-order valence-electron chi connectivity index (χ0n) is 13.5. The average molecular weight is 330 g/mol. The fourth-order valence-electron chi connectivity index (χ4n) is 2.06. The van der Waals surface area contributed by atoms with Gasteiger partial charge in [-0.1, -0.05) is 0 Å². The fourth-order valence-corrected chi connectivity index (χ4v) is 2.06. The van der Waals surface area contributed by atoms with Crippen molar-refractivity contribution in [2.75, 3.05) is 14.2 Å². The van der Waals surface area contributed by atoms with E-state index in [0.29, 0.717) is 28.3 Å². The van der Waals surface area contributed by atoms with Gasteiger partial charge in [0.25, 0.3) is 5.91 Å². The molecule has 0 unspecified atom stereocenters. The van der Waals surface area contributed by atoms with Gasteiger partial charge in [0.2, 0.25) is 0 Å². The van der Waals surface area contributed by atoms with Crippen molar-refractivity contribution in [2.24, 2.45) is 5.10 Å². The molecule has 1 amide bonds. The van der Waals surface area contributed by atoms with Crippen molar-refractivity contribution < 1.29 is 24.5 Å². The van der Waals surface area contributed by atoms with Crippen LogP contribution in [0.2, 0.25) is 0 Å². The predicted molar refractivity (Wildman–Crippen MR) is 89.0 cm³/mol. The number of nitrogens with zero attached hydrogens (tertiary/aromatic N) is 1. The molecule has 2 aromatic rings. The van der Waals surface area contributed by atoms with Crippen LogP contribution >= 0.6 is 0 Å². The minimum atomic E-state index is -0.437. The standard InChI is InChI=1S/C17H18N2O5/c1-10(13-6-5-12(20)9-14(13)21)18-19-17(22)11-4-7-15(23-2)16(8-11)24-3/h4-9,20-21H,1-3H3,(H,19,22). The van der Waals surface area contributed by atoms with Crippen molar-refractivity contribution in [1.29, 1.82) is 0 Å². The highest BCUT2D eigenvalue weighted by Gasteiger charge is 2.11. The Labute approximate surface area is 139 Å². The molecule has 0 aliphatic heterocycles. The maximum Gasteiger partial charge on any atom is 0.271 e. The van der Waals surface area contributed by atoms with Gasteiger partial charge >= 0.3 is 0 Å². The molecule has 0 aliphatic rings. The molecular weight excluding hydrogens is 312 g/mol. The molecule has 0 spiro atoms. The van der Waals surface area contributed by atoms with E-state index in [4.69, 9.17) is 9.47 Å². The van der Waals surface area contributed by atoms with Gasteiger partial charge in [0, 0.05) is 17.2 Å². The summed E-state index contributed by atoms with van der Waals surface area (Å²) in [5.41, 5.74) is 3.55. The Bertz CT molecular complexity index is 787. The normalized spacial score (nSPS) is 11.0. The summed E-state index contributed by atoms with van der Waals surface area (Å²) in [6.45, 7) is 1.63. The number of phenolic OH excluding ortho intramolecular Hbond substituents is 2. The number of nitrogens with one attached hydrogen (secondary N) is 1. The van der Waals surface area contributed by atoms with Crippen molar-refractivity contribution in [3.63, 3.8) is 0 Å². The topological polar surface area (TPSA) is 100 Å². The molecule has 0 heterocycles. The number of ether oxygens (including phenoxy) is 2. The minimum Gasteiger partial charge on any atom is -0.508 e. The fraction of sp³-hybridized carbons (Fsp3) is 0.176. The number of hydrogen-bond donors (Lipinski definition) is 3. The number of rotatable bonds is 5. The first-order chi connectivity index (χ1) is 11.5. The SMILES string of the molecule is COc1ccc(C(=O)NN=C(C)c2ccc(O)cc2O)cc1OC. The number of phenols is 2. The Morgan fingerprint density at radius 3 is 2.38 bits per heavy atom. The third-order valence-electron chi connectivity index (χ3n) is 3.34. The number of carbonyl (C=O) groups excluding carboxylic acids is 1. The molecule has 2 aromatic carbocycles. The number of hydrazone groups is 1. The molecule has 24 heavy (non-hydrogen) atoms. The largest absolute Gasteiger partial charge is 0.508 e. The first kappa shape index (κ1) is 17.1. The highest BCUT2D eigenvalue weighted by atomic mass is 16.5. The van der Waals surface area contributed by atoms with Crippen LogP contribution < -0.4 is 14.9 Å². The highest BCUT2D eigenvalue weighted by molar-refractivity contribution is 6.02. The molecule has 0 atom stereocenters. The Hall–Kier alpha value is -3.22. The highest BCUT2D eigenvalue weighted by Crippen LogP contribution is 2.27. The van der Waals surface area contributed by atoms with Gasteiger partial charge in [-0.2, -0.15) is 5.10 Å². The number of amides is 1. The van der Waals surface area contributed by atoms with Crippen LogP contribution in [-0.4, -0.2) is 36.1 Å². The van der Waals surface area contributed by atoms with Gasteiger partial charge in [-0.15, -0.1) is 0 Å². The van der Waals surface area contributed by atoms with Gasteiger partial charge in [-0.25, -0.2) is 5.43 Å². The maximum absolute atomic E-state index is 12.2. The molecule has 7 nitrogen and oxygen atoms in total. The maximum atomic E-state index is 12.2. The summed E-state index contributed by atoms with van der Waals surface area (Å²) in [6.07, 6.45) is 0. The number of aromatic hydroxyl groups is 2. The molecule has 126 valence electrons. The lowest BCUT2D eigenvalue weighted by Gasteiger charge is -2.09. The number of carbonyl (C=O) groups is 1. The first-order valence-electron chi connectivity index (χ1n) is 7.05. The number of benzene rings is 2. The molecule has 0 saturated carbocycles. The van der Waals surface area contributed by atoms with Crippen molar-refractivity contribution in [1.82, 2.24) is 5.43 Å². The van der Waals surface area contributed by atoms with Gasteiger partial charge in [-0.05, 0) is 37.3 Å². The zero-order valence-corrected chi connectivity index (χ0v) is 13.5. The van der Waals surface area contributed by atoms with Gasteiger partial charge in [0.15, 0.2) is 11.5 Å². The van der Waals surface area contributed by atoms with Crippen molar-refractivity contribution >= 4 is 11.6 Å². The summed E-state index contributed by atoms with van der Waals surface area (Å²) < 4.78 is 10.3. The Morgan fingerprint density at radius 1 is 1.04 bits per heavy atom. The van der Waals surface area contributed by atoms with E-state index in [2.05, 4.69) is 10.5 Å². The van der Waals surface area contributed by atoms with E-state index < -0.39 is 5.91 Å². The molecule has 0 aliphatic carbocycles. The van der Waals surface area contributed by atoms with Gasteiger partial charge in [0.1, 0.15) is 11.5 Å². The molecule has 0 bridgehead atoms. The van der Waals surface area contributed by atoms with Crippen LogP contribution in [0, 0.1) is 0 Å². The molecule has 7 heteroatoms. The van der Waals surface area contributed by atoms with E-state index in [1.807, 2.05) is 0 Å². The molecule has 0 aromatic heterocycles. The number of hydrogen-bond acceptors (Lipinski definition) is 6. The van der Waals surface area contributed by atoms with Crippen molar-refractivity contribution in [2.45, 2.75) is 6.92 Å². The predicted octanol–water partition coefficient (Wildman–Crippen LogP) is 2.27. The second-order valence-electron chi connectivity index (χ2n) is 4.91. The van der Waals surface area contributed by atoms with Gasteiger partial charge in [-0.3, -0.25) is 4.79 Å². The quantitative estimate of drug-likeness (QED) is 0.577. The second-order valence-corrected chi connectivity index (χ2v) is 4.91. The van der Waals surface area contributed by atoms with E-state index in [0.717, 1.165) is 0 Å². The monoisotopic (exact) mass is 330 g/mol. The number of methoxy groups -OCH3 is 2. The average Bonchev–Trinajstić information content (AvgIpc) is 2.58. The van der Waals surface area contributed by atoms with E-state index >= 15 is 0 Å². The molecule has 3 N–H and O–H groups in total. The van der Waals surface area contributed by atoms with Crippen molar-refractivity contribution in [3.05, 3.63) is 47.5 Å². The molecule has 0 radical (unpaired) electrons. The summed E-state index contributed by atoms with van der Waals surface area (Å²) in [7, 11) is 2.99. The summed E-state index contributed by atoms with van der Waals surface area (Å²) >= 11 is 0. The van der Waals surface area contributed by atoms with E-state index in [9.17, 15) is 15.0 Å². The molecule has 2 rings (SSSR count). The first-order valence-corrected chi connectivity index (χ1v) is 7.05. The molecular formula is C17H18N2O5. The summed E-state index contributed by atoms with van der Waals surface area (Å²) in [4.78, 5) is 12.2. The Morgan fingerprint density at radius 2 is 1.75 bits per heavy atom. The van der Waals surface area contributed by atoms with Crippen LogP contribution in [0.1, 0.15) is 22.8 Å². The summed E-state index contributed by atoms with van der Waals surface area (Å²) in [5.74, 6) is 0.327. The lowest BCUT2D eigenvalue weighted by atomic mass is 10.1. The Balaban J connectivity index is 2.17. The van der Waals surface area contributed by atoms with E-state index in [1.165, 1.54) is 38.5 Å². The molecule has 0 fully saturated rings. The van der Waals surface area contributed by atoms with Crippen LogP contribution in [0.15, 0.2) is 41.5 Å². The molecule has 0 saturated heterocycles. The Kier molecular flexibility index (Phi) is 5.26. The van der Waals surface area contributed by atoms with Crippen molar-refractivity contribution in [3.8, 4) is 23.0 Å². The van der Waals surface area contributed by atoms with E-state index in [1.54, 1.807) is 19.1 Å². The van der Waals surface area contributed by atoms with Crippen LogP contribution in [0.25, 0.3) is 0 Å². The van der Waals surface area contributed by atoms with Crippen LogP contribution in [-0.2, 0) is 0 Å². The van der Waals surface area contributed by atoms with Gasteiger partial charge in [0.05, 0.1) is 19.9 Å². The zero-order chi connectivity index (χ0) is 17.7. The minimum absolute atomic E-state index is 0.0570. The van der Waals surface area contributed by atoms with E-state index in [-0.39, 0.29) is 11.5 Å². The third kappa shape index (κ3) is 3.75. The lowest BCUT2D eigenvalue weighted by Crippen LogP contribution is -2.19.